The van der Waals surface area contributed by atoms with Crippen molar-refractivity contribution < 1.29 is 22.3 Å². The van der Waals surface area contributed by atoms with E-state index in [1.807, 2.05) is 32.0 Å². The van der Waals surface area contributed by atoms with Crippen LogP contribution in [-0.2, 0) is 6.42 Å². The van der Waals surface area contributed by atoms with E-state index in [0.717, 1.165) is 27.8 Å². The summed E-state index contributed by atoms with van der Waals surface area (Å²) in [6.07, 6.45) is -2.66. The zero-order chi connectivity index (χ0) is 24.3. The Balaban J connectivity index is 1.65. The average Bonchev–Trinajstić information content (AvgIpc) is 3.15. The first-order chi connectivity index (χ1) is 16.3. The molecular weight excluding hydrogens is 446 g/mol. The van der Waals surface area contributed by atoms with Crippen LogP contribution in [0.5, 0.6) is 5.88 Å². The Kier molecular flexibility index (Phi) is 7.57. The first kappa shape index (κ1) is 24.7. The lowest BCUT2D eigenvalue weighted by Gasteiger charge is -2.42. The number of ether oxygens (including phenoxy) is 1. The van der Waals surface area contributed by atoms with Crippen molar-refractivity contribution in [3.8, 4) is 5.88 Å². The highest BCUT2D eigenvalue weighted by Gasteiger charge is 2.44. The van der Waals surface area contributed by atoms with E-state index < -0.39 is 18.8 Å². The van der Waals surface area contributed by atoms with Crippen LogP contribution in [0.25, 0.3) is 5.57 Å². The Labute approximate surface area is 198 Å². The maximum absolute atomic E-state index is 13.6. The first-order valence-electron chi connectivity index (χ1n) is 11.8. The van der Waals surface area contributed by atoms with Crippen molar-refractivity contribution in [2.45, 2.75) is 51.4 Å². The van der Waals surface area contributed by atoms with Gasteiger partial charge in [0.05, 0.1) is 25.0 Å². The molecule has 0 radical (unpaired) electrons. The molecule has 0 unspecified atom stereocenters. The largest absolute Gasteiger partial charge is 0.476 e. The van der Waals surface area contributed by atoms with E-state index in [4.69, 9.17) is 9.72 Å². The average molecular weight is 478 g/mol. The zero-order valence-electron chi connectivity index (χ0n) is 19.6. The van der Waals surface area contributed by atoms with Gasteiger partial charge in [-0.2, -0.15) is 13.2 Å². The fourth-order valence-electron chi connectivity index (χ4n) is 5.03. The second kappa shape index (κ2) is 10.4. The van der Waals surface area contributed by atoms with Crippen LogP contribution in [0.15, 0.2) is 42.0 Å². The quantitative estimate of drug-likeness (QED) is 0.386. The molecule has 4 nitrogen and oxygen atoms in total. The molecule has 0 amide bonds. The van der Waals surface area contributed by atoms with Crippen LogP contribution in [0.1, 0.15) is 48.2 Å². The molecule has 2 aliphatic rings. The minimum absolute atomic E-state index is 0.290. The van der Waals surface area contributed by atoms with Crippen LogP contribution in [0, 0.1) is 6.92 Å². The smallest absolute Gasteiger partial charge is 0.401 e. The lowest BCUT2D eigenvalue weighted by Crippen LogP contribution is -2.46. The molecule has 1 aliphatic carbocycles. The van der Waals surface area contributed by atoms with Gasteiger partial charge < -0.3 is 10.1 Å². The summed E-state index contributed by atoms with van der Waals surface area (Å²) in [7, 11) is 0. The third-order valence-electron chi connectivity index (χ3n) is 6.59. The van der Waals surface area contributed by atoms with E-state index in [2.05, 4.69) is 17.4 Å². The van der Waals surface area contributed by atoms with Gasteiger partial charge in [0.25, 0.3) is 0 Å². The highest BCUT2D eigenvalue weighted by atomic mass is 19.4. The summed E-state index contributed by atoms with van der Waals surface area (Å²) in [5.74, 6) is 0.385. The van der Waals surface area contributed by atoms with Crippen molar-refractivity contribution in [1.29, 1.82) is 0 Å². The molecule has 4 rings (SSSR count). The standard InChI is InChI=1S/C26H31F4N3O/c1-17-8-9-23(34-13-12-31-11-5-10-27)32-24(17)25-22-15-19-6-3-4-7-20(19)21(22)14-18(2)33(25)16-26(28,29)30/h3-4,6-9,18,25,31H,5,10-16H2,1-2H3/t18-,25+/m1/s1. The fourth-order valence-corrected chi connectivity index (χ4v) is 5.03. The van der Waals surface area contributed by atoms with Gasteiger partial charge in [-0.3, -0.25) is 9.29 Å². The summed E-state index contributed by atoms with van der Waals surface area (Å²) >= 11 is 0. The number of nitrogens with one attached hydrogen (secondary N) is 1. The second-order valence-corrected chi connectivity index (χ2v) is 9.07. The molecule has 0 bridgehead atoms. The number of alkyl halides is 4. The van der Waals surface area contributed by atoms with E-state index in [9.17, 15) is 17.6 Å². The molecule has 1 aromatic carbocycles. The topological polar surface area (TPSA) is 37.4 Å². The lowest BCUT2D eigenvalue weighted by atomic mass is 9.86. The van der Waals surface area contributed by atoms with Gasteiger partial charge in [0.1, 0.15) is 6.61 Å². The zero-order valence-corrected chi connectivity index (χ0v) is 19.6. The van der Waals surface area contributed by atoms with Gasteiger partial charge in [-0.15, -0.1) is 0 Å². The Hall–Kier alpha value is -2.45. The van der Waals surface area contributed by atoms with E-state index >= 15 is 0 Å². The Morgan fingerprint density at radius 1 is 1.15 bits per heavy atom. The summed E-state index contributed by atoms with van der Waals surface area (Å²) < 4.78 is 58.9. The highest BCUT2D eigenvalue weighted by Crippen LogP contribution is 2.49. The summed E-state index contributed by atoms with van der Waals surface area (Å²) in [5, 5.41) is 3.09. The van der Waals surface area contributed by atoms with Gasteiger partial charge >= 0.3 is 6.18 Å². The predicted molar refractivity (Wildman–Crippen MR) is 125 cm³/mol. The molecule has 1 aromatic heterocycles. The molecule has 34 heavy (non-hydrogen) atoms. The number of fused-ring (bicyclic) bond motifs is 2. The number of halogens is 4. The van der Waals surface area contributed by atoms with Crippen LogP contribution >= 0.6 is 0 Å². The SMILES string of the molecule is Cc1ccc(OCCNCCCF)nc1[C@@H]1C2=C(C[C@@H](C)N1CC(F)(F)F)c1ccccc1C2. The normalized spacial score (nSPS) is 20.4. The van der Waals surface area contributed by atoms with E-state index in [1.165, 1.54) is 0 Å². The third-order valence-corrected chi connectivity index (χ3v) is 6.59. The van der Waals surface area contributed by atoms with E-state index in [1.54, 1.807) is 11.0 Å². The van der Waals surface area contributed by atoms with Crippen molar-refractivity contribution in [2.24, 2.45) is 0 Å². The molecule has 8 heteroatoms. The maximum atomic E-state index is 13.6. The molecule has 2 heterocycles. The molecule has 0 spiro atoms. The Morgan fingerprint density at radius 2 is 1.94 bits per heavy atom. The van der Waals surface area contributed by atoms with Gasteiger partial charge in [0, 0.05) is 18.7 Å². The predicted octanol–water partition coefficient (Wildman–Crippen LogP) is 5.43. The molecule has 0 saturated carbocycles. The van der Waals surface area contributed by atoms with Crippen molar-refractivity contribution in [3.63, 3.8) is 0 Å². The minimum atomic E-state index is -4.32. The number of hydrogen-bond donors (Lipinski definition) is 1. The number of aryl methyl sites for hydroxylation is 1. The Bertz CT molecular complexity index is 1040. The number of nitrogens with zero attached hydrogens (tertiary/aromatic N) is 2. The van der Waals surface area contributed by atoms with Crippen LogP contribution in [0.3, 0.4) is 0 Å². The number of rotatable bonds is 9. The molecule has 1 aliphatic heterocycles. The van der Waals surface area contributed by atoms with Crippen LogP contribution < -0.4 is 10.1 Å². The highest BCUT2D eigenvalue weighted by molar-refractivity contribution is 5.78. The molecule has 0 fully saturated rings. The molecule has 2 aromatic rings. The monoisotopic (exact) mass is 477 g/mol. The van der Waals surface area contributed by atoms with E-state index in [-0.39, 0.29) is 12.7 Å². The van der Waals surface area contributed by atoms with Gasteiger partial charge in [-0.05, 0) is 67.5 Å². The van der Waals surface area contributed by atoms with E-state index in [0.29, 0.717) is 50.5 Å². The van der Waals surface area contributed by atoms with Gasteiger partial charge in [-0.1, -0.05) is 30.3 Å². The van der Waals surface area contributed by atoms with Gasteiger partial charge in [0.15, 0.2) is 0 Å². The minimum Gasteiger partial charge on any atom is -0.476 e. The second-order valence-electron chi connectivity index (χ2n) is 9.07. The maximum Gasteiger partial charge on any atom is 0.401 e. The fraction of sp³-hybridized carbons (Fsp3) is 0.500. The molecular formula is C26H31F4N3O. The summed E-state index contributed by atoms with van der Waals surface area (Å²) in [6.45, 7) is 3.84. The first-order valence-corrected chi connectivity index (χ1v) is 11.8. The lowest BCUT2D eigenvalue weighted by molar-refractivity contribution is -0.155. The Morgan fingerprint density at radius 3 is 2.71 bits per heavy atom. The molecule has 0 saturated heterocycles. The molecule has 1 N–H and O–H groups in total. The number of aromatic nitrogens is 1. The summed E-state index contributed by atoms with van der Waals surface area (Å²) in [4.78, 5) is 6.26. The number of pyridine rings is 1. The van der Waals surface area contributed by atoms with Crippen LogP contribution in [-0.4, -0.2) is 55.0 Å². The van der Waals surface area contributed by atoms with Crippen molar-refractivity contribution in [3.05, 3.63) is 64.4 Å². The molecule has 2 atom stereocenters. The van der Waals surface area contributed by atoms with Crippen molar-refractivity contribution in [2.75, 3.05) is 32.9 Å². The summed E-state index contributed by atoms with van der Waals surface area (Å²) in [6, 6.07) is 10.8. The van der Waals surface area contributed by atoms with Crippen LogP contribution in [0.2, 0.25) is 0 Å². The third kappa shape index (κ3) is 5.44. The van der Waals surface area contributed by atoms with Gasteiger partial charge in [0.2, 0.25) is 5.88 Å². The van der Waals surface area contributed by atoms with Crippen molar-refractivity contribution >= 4 is 5.57 Å². The number of benzene rings is 1. The molecule has 184 valence electrons. The van der Waals surface area contributed by atoms with Gasteiger partial charge in [-0.25, -0.2) is 4.98 Å². The van der Waals surface area contributed by atoms with Crippen molar-refractivity contribution in [1.82, 2.24) is 15.2 Å². The summed E-state index contributed by atoms with van der Waals surface area (Å²) in [5.41, 5.74) is 5.90. The number of hydrogen-bond acceptors (Lipinski definition) is 4. The van der Waals surface area contributed by atoms with Crippen LogP contribution in [0.4, 0.5) is 17.6 Å².